The van der Waals surface area contributed by atoms with Crippen molar-refractivity contribution in [3.05, 3.63) is 83.7 Å². The van der Waals surface area contributed by atoms with Crippen molar-refractivity contribution < 1.29 is 31.9 Å². The van der Waals surface area contributed by atoms with Crippen LogP contribution in [0.5, 0.6) is 6.01 Å². The van der Waals surface area contributed by atoms with Gasteiger partial charge in [0.25, 0.3) is 6.43 Å². The van der Waals surface area contributed by atoms with E-state index in [0.29, 0.717) is 28.3 Å². The molecule has 0 aliphatic carbocycles. The second kappa shape index (κ2) is 11.9. The van der Waals surface area contributed by atoms with Crippen LogP contribution in [0.1, 0.15) is 17.2 Å². The van der Waals surface area contributed by atoms with Crippen molar-refractivity contribution in [2.24, 2.45) is 0 Å². The molecule has 0 saturated carbocycles. The summed E-state index contributed by atoms with van der Waals surface area (Å²) in [4.78, 5) is 27.1. The standard InChI is InChI=1S/C27H25F4N7O3/c1-15-23(17-11-32-27(40-2)33-12-17)36-38(18-6-4-3-5-7-18)25(15)35-26(39)34-21-13-37(14-22(30)31)41-24(21)16-8-9-19(28)20(29)10-16/h3-12,21-22,24H,13-14H2,1-2H3,(H2,34,35,39)/t21-,24+/m1/s1. The molecule has 1 fully saturated rings. The molecule has 10 nitrogen and oxygen atoms in total. The number of nitrogens with one attached hydrogen (secondary N) is 2. The molecule has 2 amide bonds. The van der Waals surface area contributed by atoms with Crippen molar-refractivity contribution >= 4 is 11.8 Å². The van der Waals surface area contributed by atoms with Crippen LogP contribution in [0.2, 0.25) is 0 Å². The van der Waals surface area contributed by atoms with Gasteiger partial charge in [-0.3, -0.25) is 10.2 Å². The Labute approximate surface area is 231 Å². The second-order valence-corrected chi connectivity index (χ2v) is 9.17. The minimum Gasteiger partial charge on any atom is -0.467 e. The lowest BCUT2D eigenvalue weighted by Gasteiger charge is -2.20. The third kappa shape index (κ3) is 6.12. The van der Waals surface area contributed by atoms with Crippen LogP contribution in [-0.4, -0.2) is 63.5 Å². The van der Waals surface area contributed by atoms with E-state index in [0.717, 1.165) is 17.2 Å². The fourth-order valence-corrected chi connectivity index (χ4v) is 4.50. The van der Waals surface area contributed by atoms with Crippen LogP contribution in [0.3, 0.4) is 0 Å². The fraction of sp³-hybridized carbons (Fsp3) is 0.259. The quantitative estimate of drug-likeness (QED) is 0.296. The summed E-state index contributed by atoms with van der Waals surface area (Å²) in [7, 11) is 1.45. The van der Waals surface area contributed by atoms with Gasteiger partial charge in [-0.2, -0.15) is 10.2 Å². The van der Waals surface area contributed by atoms with E-state index in [9.17, 15) is 22.4 Å². The number of urea groups is 1. The summed E-state index contributed by atoms with van der Waals surface area (Å²) < 4.78 is 60.2. The summed E-state index contributed by atoms with van der Waals surface area (Å²) >= 11 is 0. The maximum Gasteiger partial charge on any atom is 0.320 e. The Morgan fingerprint density at radius 1 is 1.12 bits per heavy atom. The van der Waals surface area contributed by atoms with Gasteiger partial charge in [-0.05, 0) is 36.8 Å². The third-order valence-electron chi connectivity index (χ3n) is 6.40. The second-order valence-electron chi connectivity index (χ2n) is 9.17. The maximum atomic E-state index is 14.0. The molecule has 5 rings (SSSR count). The Bertz CT molecular complexity index is 1520. The Morgan fingerprint density at radius 3 is 2.51 bits per heavy atom. The molecule has 3 heterocycles. The van der Waals surface area contributed by atoms with E-state index in [2.05, 4.69) is 25.7 Å². The molecule has 1 aliphatic rings. The Morgan fingerprint density at radius 2 is 1.85 bits per heavy atom. The van der Waals surface area contributed by atoms with Crippen molar-refractivity contribution in [2.45, 2.75) is 25.5 Å². The van der Waals surface area contributed by atoms with Gasteiger partial charge in [-0.25, -0.2) is 37.0 Å². The highest BCUT2D eigenvalue weighted by atomic mass is 19.3. The lowest BCUT2D eigenvalue weighted by Crippen LogP contribution is -2.42. The van der Waals surface area contributed by atoms with Crippen LogP contribution in [0, 0.1) is 18.6 Å². The van der Waals surface area contributed by atoms with Crippen molar-refractivity contribution in [1.82, 2.24) is 30.1 Å². The number of hydrogen-bond donors (Lipinski definition) is 2. The first-order valence-electron chi connectivity index (χ1n) is 12.5. The van der Waals surface area contributed by atoms with Gasteiger partial charge in [0.2, 0.25) is 0 Å². The summed E-state index contributed by atoms with van der Waals surface area (Å²) in [6, 6.07) is 10.8. The number of carbonyl (C=O) groups is 1. The zero-order chi connectivity index (χ0) is 29.1. The molecule has 1 aliphatic heterocycles. The molecular formula is C27H25F4N7O3. The number of alkyl halides is 2. The highest BCUT2D eigenvalue weighted by molar-refractivity contribution is 5.91. The normalized spacial score (nSPS) is 17.1. The van der Waals surface area contributed by atoms with Crippen LogP contribution in [0.25, 0.3) is 16.9 Å². The van der Waals surface area contributed by atoms with Gasteiger partial charge < -0.3 is 10.1 Å². The molecule has 4 aromatic rings. The Kier molecular flexibility index (Phi) is 8.12. The summed E-state index contributed by atoms with van der Waals surface area (Å²) in [5.41, 5.74) is 2.50. The molecule has 0 bridgehead atoms. The van der Waals surface area contributed by atoms with Crippen molar-refractivity contribution in [2.75, 3.05) is 25.5 Å². The van der Waals surface area contributed by atoms with Crippen molar-refractivity contribution in [1.29, 1.82) is 0 Å². The van der Waals surface area contributed by atoms with Crippen molar-refractivity contribution in [3.63, 3.8) is 0 Å². The largest absolute Gasteiger partial charge is 0.467 e. The van der Waals surface area contributed by atoms with Crippen LogP contribution < -0.4 is 15.4 Å². The SMILES string of the molecule is COc1ncc(-c2nn(-c3ccccc3)c(NC(=O)N[C@@H]3CN(CC(F)F)O[C@H]3c3ccc(F)c(F)c3)c2C)cn1. The topological polar surface area (TPSA) is 106 Å². The van der Waals surface area contributed by atoms with E-state index in [1.54, 1.807) is 31.5 Å². The van der Waals surface area contributed by atoms with Gasteiger partial charge in [0.15, 0.2) is 11.6 Å². The molecule has 14 heteroatoms. The van der Waals surface area contributed by atoms with Crippen LogP contribution in [0.4, 0.5) is 28.2 Å². The average Bonchev–Trinajstić information content (AvgIpc) is 3.50. The fourth-order valence-electron chi connectivity index (χ4n) is 4.50. The van der Waals surface area contributed by atoms with E-state index in [1.165, 1.54) is 17.9 Å². The smallest absolute Gasteiger partial charge is 0.320 e. The molecule has 2 atom stereocenters. The number of nitrogens with zero attached hydrogens (tertiary/aromatic N) is 5. The summed E-state index contributed by atoms with van der Waals surface area (Å²) in [6.45, 7) is 0.911. The third-order valence-corrected chi connectivity index (χ3v) is 6.40. The van der Waals surface area contributed by atoms with E-state index in [1.807, 2.05) is 18.2 Å². The van der Waals surface area contributed by atoms with Crippen LogP contribution in [0.15, 0.2) is 60.9 Å². The number of hydrogen-bond acceptors (Lipinski definition) is 7. The summed E-state index contributed by atoms with van der Waals surface area (Å²) in [5.74, 6) is -1.87. The van der Waals surface area contributed by atoms with Crippen LogP contribution >= 0.6 is 0 Å². The number of aromatic nitrogens is 4. The highest BCUT2D eigenvalue weighted by Crippen LogP contribution is 2.32. The molecular weight excluding hydrogens is 546 g/mol. The number of benzene rings is 2. The number of halogens is 4. The Hall–Kier alpha value is -4.56. The first-order chi connectivity index (χ1) is 19.7. The number of methoxy groups -OCH3 is 1. The van der Waals surface area contributed by atoms with Crippen LogP contribution in [-0.2, 0) is 4.84 Å². The van der Waals surface area contributed by atoms with Gasteiger partial charge in [-0.15, -0.1) is 0 Å². The first kappa shape index (κ1) is 28.0. The number of para-hydroxylation sites is 1. The molecule has 0 radical (unpaired) electrons. The minimum atomic E-state index is -2.71. The number of carbonyl (C=O) groups excluding carboxylic acids is 1. The predicted molar refractivity (Wildman–Crippen MR) is 140 cm³/mol. The Balaban J connectivity index is 1.43. The number of rotatable bonds is 8. The van der Waals surface area contributed by atoms with Crippen molar-refractivity contribution in [3.8, 4) is 23.0 Å². The molecule has 2 aromatic heterocycles. The maximum absolute atomic E-state index is 14.0. The predicted octanol–water partition coefficient (Wildman–Crippen LogP) is 4.67. The van der Waals surface area contributed by atoms with Gasteiger partial charge in [0.05, 0.1) is 25.4 Å². The van der Waals surface area contributed by atoms with E-state index in [4.69, 9.17) is 9.57 Å². The zero-order valence-corrected chi connectivity index (χ0v) is 21.9. The minimum absolute atomic E-state index is 0.118. The monoisotopic (exact) mass is 571 g/mol. The molecule has 2 aromatic carbocycles. The van der Waals surface area contributed by atoms with E-state index in [-0.39, 0.29) is 18.1 Å². The first-order valence-corrected chi connectivity index (χ1v) is 12.5. The van der Waals surface area contributed by atoms with Gasteiger partial charge in [-0.1, -0.05) is 24.3 Å². The molecule has 2 N–H and O–H groups in total. The summed E-state index contributed by atoms with van der Waals surface area (Å²) in [6.07, 6.45) is -0.668. The number of ether oxygens (including phenoxy) is 1. The zero-order valence-electron chi connectivity index (χ0n) is 21.9. The van der Waals surface area contributed by atoms with Gasteiger partial charge in [0, 0.05) is 30.1 Å². The molecule has 214 valence electrons. The number of hydroxylamine groups is 2. The lowest BCUT2D eigenvalue weighted by atomic mass is 10.0. The molecule has 41 heavy (non-hydrogen) atoms. The molecule has 0 unspecified atom stereocenters. The number of anilines is 1. The average molecular weight is 572 g/mol. The van der Waals surface area contributed by atoms with Gasteiger partial charge >= 0.3 is 12.0 Å². The number of amides is 2. The lowest BCUT2D eigenvalue weighted by molar-refractivity contribution is -0.166. The molecule has 0 spiro atoms. The highest BCUT2D eigenvalue weighted by Gasteiger charge is 2.38. The van der Waals surface area contributed by atoms with E-state index < -0.39 is 42.8 Å². The molecule has 1 saturated heterocycles. The van der Waals surface area contributed by atoms with E-state index >= 15 is 0 Å². The van der Waals surface area contributed by atoms with Gasteiger partial charge in [0.1, 0.15) is 17.6 Å². The summed E-state index contributed by atoms with van der Waals surface area (Å²) in [5, 5.41) is 11.2.